The molecule has 1 aliphatic rings. The molecule has 0 aromatic carbocycles. The zero-order chi connectivity index (χ0) is 12.6. The van der Waals surface area contributed by atoms with Crippen molar-refractivity contribution in [2.45, 2.75) is 59.5 Å². The Morgan fingerprint density at radius 3 is 1.94 bits per heavy atom. The van der Waals surface area contributed by atoms with Crippen LogP contribution < -0.4 is 0 Å². The number of ether oxygens (including phenoxy) is 1. The molecule has 0 aromatic heterocycles. The van der Waals surface area contributed by atoms with Crippen molar-refractivity contribution in [1.82, 2.24) is 0 Å². The van der Waals surface area contributed by atoms with Crippen LogP contribution in [0.3, 0.4) is 0 Å². The molecule has 1 aliphatic carbocycles. The van der Waals surface area contributed by atoms with E-state index in [4.69, 9.17) is 4.74 Å². The van der Waals surface area contributed by atoms with Crippen LogP contribution in [0.25, 0.3) is 0 Å². The monoisotopic (exact) mass is 228 g/mol. The maximum absolute atomic E-state index is 11.8. The number of hydrogen-bond acceptors (Lipinski definition) is 3. The predicted molar refractivity (Wildman–Crippen MR) is 63.0 cm³/mol. The molecule has 0 heterocycles. The third kappa shape index (κ3) is 2.97. The summed E-state index contributed by atoms with van der Waals surface area (Å²) < 4.78 is 4.98. The van der Waals surface area contributed by atoms with Gasteiger partial charge in [-0.1, -0.05) is 27.7 Å². The Labute approximate surface area is 98.2 Å². The van der Waals surface area contributed by atoms with Crippen LogP contribution in [0.2, 0.25) is 0 Å². The van der Waals surface area contributed by atoms with Gasteiger partial charge in [0, 0.05) is 0 Å². The smallest absolute Gasteiger partial charge is 0.338 e. The maximum atomic E-state index is 11.8. The second kappa shape index (κ2) is 4.02. The maximum Gasteiger partial charge on any atom is 0.338 e. The molecule has 0 atom stereocenters. The molecule has 1 N–H and O–H groups in total. The van der Waals surface area contributed by atoms with Crippen LogP contribution >= 0.6 is 0 Å². The molecule has 0 aliphatic heterocycles. The lowest BCUT2D eigenvalue weighted by molar-refractivity contribution is -0.179. The van der Waals surface area contributed by atoms with Gasteiger partial charge in [0.05, 0.1) is 6.61 Å². The standard InChI is InChI=1S/C13H24O3/c1-6-16-10(14)13(15)8-11(2,3)7-12(4,5)9-13/h15H,6-9H2,1-5H3. The third-order valence-electron chi connectivity index (χ3n) is 3.15. The number of rotatable bonds is 2. The molecule has 1 saturated carbocycles. The first-order valence-corrected chi connectivity index (χ1v) is 6.00. The van der Waals surface area contributed by atoms with Gasteiger partial charge in [0.2, 0.25) is 0 Å². The van der Waals surface area contributed by atoms with Gasteiger partial charge in [-0.2, -0.15) is 0 Å². The summed E-state index contributed by atoms with van der Waals surface area (Å²) >= 11 is 0. The van der Waals surface area contributed by atoms with Gasteiger partial charge in [-0.3, -0.25) is 0 Å². The number of esters is 1. The van der Waals surface area contributed by atoms with Crippen LogP contribution in [0, 0.1) is 10.8 Å². The molecule has 1 fully saturated rings. The highest BCUT2D eigenvalue weighted by molar-refractivity contribution is 5.79. The van der Waals surface area contributed by atoms with Crippen molar-refractivity contribution in [3.63, 3.8) is 0 Å². The Morgan fingerprint density at radius 2 is 1.56 bits per heavy atom. The molecule has 0 spiro atoms. The number of carbonyl (C=O) groups is 1. The minimum Gasteiger partial charge on any atom is -0.464 e. The second-order valence-electron chi connectivity index (χ2n) is 6.61. The molecule has 0 amide bonds. The van der Waals surface area contributed by atoms with E-state index in [-0.39, 0.29) is 10.8 Å². The summed E-state index contributed by atoms with van der Waals surface area (Å²) in [5, 5.41) is 10.5. The van der Waals surface area contributed by atoms with Crippen LogP contribution in [0.15, 0.2) is 0 Å². The van der Waals surface area contributed by atoms with E-state index in [1.165, 1.54) is 0 Å². The first kappa shape index (κ1) is 13.5. The first-order valence-electron chi connectivity index (χ1n) is 6.00. The summed E-state index contributed by atoms with van der Waals surface area (Å²) in [5.74, 6) is -0.462. The van der Waals surface area contributed by atoms with Crippen LogP contribution in [-0.2, 0) is 9.53 Å². The van der Waals surface area contributed by atoms with Gasteiger partial charge in [0.1, 0.15) is 0 Å². The average Bonchev–Trinajstić information content (AvgIpc) is 1.97. The largest absolute Gasteiger partial charge is 0.464 e. The van der Waals surface area contributed by atoms with Crippen LogP contribution in [-0.4, -0.2) is 23.3 Å². The molecule has 0 bridgehead atoms. The molecule has 0 radical (unpaired) electrons. The average molecular weight is 228 g/mol. The zero-order valence-corrected chi connectivity index (χ0v) is 11.1. The molecular weight excluding hydrogens is 204 g/mol. The molecule has 0 aromatic rings. The summed E-state index contributed by atoms with van der Waals surface area (Å²) in [6, 6.07) is 0. The van der Waals surface area contributed by atoms with Gasteiger partial charge >= 0.3 is 5.97 Å². The van der Waals surface area contributed by atoms with Gasteiger partial charge < -0.3 is 9.84 Å². The van der Waals surface area contributed by atoms with Crippen LogP contribution in [0.1, 0.15) is 53.9 Å². The van der Waals surface area contributed by atoms with Crippen molar-refractivity contribution in [2.24, 2.45) is 10.8 Å². The van der Waals surface area contributed by atoms with Gasteiger partial charge in [0.25, 0.3) is 0 Å². The highest BCUT2D eigenvalue weighted by atomic mass is 16.5. The third-order valence-corrected chi connectivity index (χ3v) is 3.15. The Morgan fingerprint density at radius 1 is 1.12 bits per heavy atom. The Balaban J connectivity index is 2.91. The lowest BCUT2D eigenvalue weighted by Gasteiger charge is -2.47. The van der Waals surface area contributed by atoms with E-state index >= 15 is 0 Å². The van der Waals surface area contributed by atoms with E-state index in [0.29, 0.717) is 19.4 Å². The lowest BCUT2D eigenvalue weighted by Crippen LogP contribution is -2.51. The highest BCUT2D eigenvalue weighted by Crippen LogP contribution is 2.50. The molecule has 3 nitrogen and oxygen atoms in total. The fourth-order valence-corrected chi connectivity index (χ4v) is 3.48. The van der Waals surface area contributed by atoms with Crippen LogP contribution in [0.4, 0.5) is 0 Å². The van der Waals surface area contributed by atoms with E-state index < -0.39 is 11.6 Å². The number of hydrogen-bond donors (Lipinski definition) is 1. The van der Waals surface area contributed by atoms with Crippen molar-refractivity contribution in [1.29, 1.82) is 0 Å². The normalized spacial score (nSPS) is 26.1. The number of aliphatic hydroxyl groups is 1. The fraction of sp³-hybridized carbons (Fsp3) is 0.923. The molecule has 3 heteroatoms. The predicted octanol–water partition coefficient (Wildman–Crippen LogP) is 2.52. The molecule has 94 valence electrons. The lowest BCUT2D eigenvalue weighted by atomic mass is 9.59. The molecule has 1 rings (SSSR count). The van der Waals surface area contributed by atoms with Crippen molar-refractivity contribution in [3.8, 4) is 0 Å². The molecule has 0 saturated heterocycles. The van der Waals surface area contributed by atoms with E-state index in [1.807, 2.05) is 0 Å². The molecular formula is C13H24O3. The van der Waals surface area contributed by atoms with E-state index in [0.717, 1.165) is 6.42 Å². The van der Waals surface area contributed by atoms with Gasteiger partial charge in [-0.05, 0) is 37.0 Å². The van der Waals surface area contributed by atoms with Crippen molar-refractivity contribution < 1.29 is 14.6 Å². The summed E-state index contributed by atoms with van der Waals surface area (Å²) in [4.78, 5) is 11.8. The van der Waals surface area contributed by atoms with E-state index in [2.05, 4.69) is 27.7 Å². The molecule has 0 unspecified atom stereocenters. The minimum atomic E-state index is -1.30. The summed E-state index contributed by atoms with van der Waals surface area (Å²) in [7, 11) is 0. The van der Waals surface area contributed by atoms with Crippen LogP contribution in [0.5, 0.6) is 0 Å². The fourth-order valence-electron chi connectivity index (χ4n) is 3.48. The Hall–Kier alpha value is -0.570. The topological polar surface area (TPSA) is 46.5 Å². The van der Waals surface area contributed by atoms with Gasteiger partial charge in [-0.25, -0.2) is 4.79 Å². The van der Waals surface area contributed by atoms with Gasteiger partial charge in [-0.15, -0.1) is 0 Å². The Bertz CT molecular complexity index is 263. The SMILES string of the molecule is CCOC(=O)C1(O)CC(C)(C)CC(C)(C)C1. The summed E-state index contributed by atoms with van der Waals surface area (Å²) in [5.41, 5.74) is -1.35. The van der Waals surface area contributed by atoms with E-state index in [1.54, 1.807) is 6.92 Å². The van der Waals surface area contributed by atoms with Gasteiger partial charge in [0.15, 0.2) is 5.60 Å². The molecule has 16 heavy (non-hydrogen) atoms. The van der Waals surface area contributed by atoms with E-state index in [9.17, 15) is 9.90 Å². The van der Waals surface area contributed by atoms with Crippen molar-refractivity contribution in [3.05, 3.63) is 0 Å². The first-order chi connectivity index (χ1) is 7.10. The zero-order valence-electron chi connectivity index (χ0n) is 11.1. The highest BCUT2D eigenvalue weighted by Gasteiger charge is 2.51. The quantitative estimate of drug-likeness (QED) is 0.739. The number of carbonyl (C=O) groups excluding carboxylic acids is 1. The second-order valence-corrected chi connectivity index (χ2v) is 6.61. The summed E-state index contributed by atoms with van der Waals surface area (Å²) in [6.45, 7) is 10.5. The Kier molecular flexibility index (Phi) is 3.39. The summed E-state index contributed by atoms with van der Waals surface area (Å²) in [6.07, 6.45) is 1.99. The minimum absolute atomic E-state index is 0.0245. The van der Waals surface area contributed by atoms with Crippen molar-refractivity contribution in [2.75, 3.05) is 6.61 Å². The van der Waals surface area contributed by atoms with Crippen molar-refractivity contribution >= 4 is 5.97 Å².